The molecule has 34 heavy (non-hydrogen) atoms. The van der Waals surface area contributed by atoms with Crippen molar-refractivity contribution in [3.8, 4) is 0 Å². The summed E-state index contributed by atoms with van der Waals surface area (Å²) in [5, 5.41) is 2.74. The number of hydrogen-bond donors (Lipinski definition) is 1. The van der Waals surface area contributed by atoms with E-state index in [0.717, 1.165) is 37.1 Å². The highest BCUT2D eigenvalue weighted by Gasteiger charge is 2.38. The van der Waals surface area contributed by atoms with Crippen LogP contribution in [0, 0.1) is 5.92 Å². The number of nitrogens with zero attached hydrogens (tertiary/aromatic N) is 2. The summed E-state index contributed by atoms with van der Waals surface area (Å²) in [5.74, 6) is 0.488. The van der Waals surface area contributed by atoms with Crippen molar-refractivity contribution in [2.45, 2.75) is 56.9 Å². The topological polar surface area (TPSA) is 86.8 Å². The summed E-state index contributed by atoms with van der Waals surface area (Å²) in [6.07, 6.45) is 3.05. The molecule has 0 aromatic heterocycles. The van der Waals surface area contributed by atoms with Gasteiger partial charge in [-0.2, -0.15) is 4.31 Å². The van der Waals surface area contributed by atoms with Crippen LogP contribution in [0.5, 0.6) is 0 Å². The number of likely N-dealkylation sites (tertiary alicyclic amines) is 1. The minimum absolute atomic E-state index is 0.00595. The summed E-state index contributed by atoms with van der Waals surface area (Å²) in [4.78, 5) is 26.9. The van der Waals surface area contributed by atoms with Gasteiger partial charge in [0.05, 0.1) is 10.9 Å². The number of fused-ring (bicyclic) bond motifs is 1. The van der Waals surface area contributed by atoms with Gasteiger partial charge in [0.15, 0.2) is 0 Å². The monoisotopic (exact) mass is 483 g/mol. The number of rotatable bonds is 6. The van der Waals surface area contributed by atoms with Crippen LogP contribution in [0.25, 0.3) is 0 Å². The van der Waals surface area contributed by atoms with Crippen molar-refractivity contribution in [1.29, 1.82) is 0 Å². The molecule has 182 valence electrons. The molecular weight excluding hydrogens is 450 g/mol. The number of benzene rings is 2. The summed E-state index contributed by atoms with van der Waals surface area (Å²) in [6.45, 7) is 5.74. The average Bonchev–Trinajstić information content (AvgIpc) is 2.84. The Morgan fingerprint density at radius 3 is 2.35 bits per heavy atom. The number of carbonyl (C=O) groups excluding carboxylic acids is 2. The van der Waals surface area contributed by atoms with E-state index in [1.165, 1.54) is 16.4 Å². The fourth-order valence-corrected chi connectivity index (χ4v) is 6.38. The highest BCUT2D eigenvalue weighted by molar-refractivity contribution is 7.89. The van der Waals surface area contributed by atoms with Crippen molar-refractivity contribution < 1.29 is 18.0 Å². The molecule has 0 unspecified atom stereocenters. The third kappa shape index (κ3) is 5.18. The molecule has 0 spiro atoms. The van der Waals surface area contributed by atoms with Gasteiger partial charge in [0.2, 0.25) is 21.8 Å². The number of carbonyl (C=O) groups is 2. The molecule has 1 fully saturated rings. The number of sulfonamides is 1. The van der Waals surface area contributed by atoms with Gasteiger partial charge in [-0.3, -0.25) is 9.59 Å². The first-order chi connectivity index (χ1) is 16.3. The van der Waals surface area contributed by atoms with E-state index in [1.807, 2.05) is 29.2 Å². The maximum Gasteiger partial charge on any atom is 0.243 e. The lowest BCUT2D eigenvalue weighted by Crippen LogP contribution is -2.44. The van der Waals surface area contributed by atoms with Crippen molar-refractivity contribution in [1.82, 2.24) is 9.21 Å². The first kappa shape index (κ1) is 24.4. The molecule has 2 aromatic carbocycles. The van der Waals surface area contributed by atoms with Crippen LogP contribution in [-0.4, -0.2) is 49.1 Å². The van der Waals surface area contributed by atoms with Gasteiger partial charge in [-0.1, -0.05) is 38.1 Å². The van der Waals surface area contributed by atoms with Crippen LogP contribution in [0.1, 0.15) is 56.7 Å². The third-order valence-corrected chi connectivity index (χ3v) is 8.86. The predicted octanol–water partition coefficient (Wildman–Crippen LogP) is 3.97. The van der Waals surface area contributed by atoms with Crippen LogP contribution in [-0.2, 0) is 26.0 Å². The molecule has 1 N–H and O–H groups in total. The van der Waals surface area contributed by atoms with E-state index in [9.17, 15) is 18.0 Å². The molecule has 8 heteroatoms. The van der Waals surface area contributed by atoms with Crippen molar-refractivity contribution in [3.63, 3.8) is 0 Å². The van der Waals surface area contributed by atoms with E-state index in [1.54, 1.807) is 19.1 Å². The van der Waals surface area contributed by atoms with Gasteiger partial charge in [0, 0.05) is 38.2 Å². The highest BCUT2D eigenvalue weighted by Crippen LogP contribution is 2.37. The molecule has 2 aliphatic heterocycles. The Balaban J connectivity index is 1.61. The molecule has 2 aromatic rings. The van der Waals surface area contributed by atoms with Gasteiger partial charge in [-0.25, -0.2) is 8.42 Å². The number of piperidine rings is 1. The average molecular weight is 484 g/mol. The van der Waals surface area contributed by atoms with Crippen LogP contribution in [0.2, 0.25) is 0 Å². The van der Waals surface area contributed by atoms with Crippen LogP contribution >= 0.6 is 0 Å². The number of nitrogens with one attached hydrogen (secondary N) is 1. The highest BCUT2D eigenvalue weighted by atomic mass is 32.2. The SMILES string of the molecule is CCC(=O)Nc1ccc(S(=O)(=O)N2CCc3ccccc3[C@@H]2CC(=O)N2CCC(C)CC2)cc1. The summed E-state index contributed by atoms with van der Waals surface area (Å²) < 4.78 is 28.9. The standard InChI is InChI=1S/C26H33N3O4S/c1-3-25(30)27-21-8-10-22(11-9-21)34(32,33)29-17-14-20-6-4-5-7-23(20)24(29)18-26(31)28-15-12-19(2)13-16-28/h4-11,19,24H,3,12-18H2,1-2H3,(H,27,30)/t24-/m0/s1. The van der Waals surface area contributed by atoms with Gasteiger partial charge >= 0.3 is 0 Å². The Morgan fingerprint density at radius 2 is 1.68 bits per heavy atom. The van der Waals surface area contributed by atoms with Gasteiger partial charge in [0.25, 0.3) is 0 Å². The largest absolute Gasteiger partial charge is 0.343 e. The fraction of sp³-hybridized carbons (Fsp3) is 0.462. The van der Waals surface area contributed by atoms with Crippen molar-refractivity contribution >= 4 is 27.5 Å². The van der Waals surface area contributed by atoms with Crippen LogP contribution < -0.4 is 5.32 Å². The number of amides is 2. The van der Waals surface area contributed by atoms with Gasteiger partial charge in [0.1, 0.15) is 0 Å². The maximum atomic E-state index is 13.7. The van der Waals surface area contributed by atoms with E-state index in [2.05, 4.69) is 12.2 Å². The molecule has 7 nitrogen and oxygen atoms in total. The third-order valence-electron chi connectivity index (χ3n) is 6.93. The van der Waals surface area contributed by atoms with Crippen molar-refractivity contribution in [2.75, 3.05) is 25.0 Å². The van der Waals surface area contributed by atoms with Gasteiger partial charge in [-0.15, -0.1) is 0 Å². The van der Waals surface area contributed by atoms with Crippen molar-refractivity contribution in [2.24, 2.45) is 5.92 Å². The van der Waals surface area contributed by atoms with Gasteiger partial charge in [-0.05, 0) is 60.6 Å². The van der Waals surface area contributed by atoms with E-state index >= 15 is 0 Å². The lowest BCUT2D eigenvalue weighted by atomic mass is 9.91. The van der Waals surface area contributed by atoms with Crippen LogP contribution in [0.15, 0.2) is 53.4 Å². The molecule has 1 saturated heterocycles. The zero-order valence-corrected chi connectivity index (χ0v) is 20.7. The molecule has 1 atom stereocenters. The van der Waals surface area contributed by atoms with Crippen molar-refractivity contribution in [3.05, 3.63) is 59.7 Å². The Kier molecular flexibility index (Phi) is 7.38. The minimum Gasteiger partial charge on any atom is -0.343 e. The lowest BCUT2D eigenvalue weighted by molar-refractivity contribution is -0.133. The molecule has 4 rings (SSSR count). The molecule has 2 heterocycles. The molecule has 0 bridgehead atoms. The molecule has 0 aliphatic carbocycles. The quantitative estimate of drug-likeness (QED) is 0.674. The Bertz CT molecular complexity index is 1140. The summed E-state index contributed by atoms with van der Waals surface area (Å²) in [6, 6.07) is 13.5. The van der Waals surface area contributed by atoms with Crippen LogP contribution in [0.4, 0.5) is 5.69 Å². The molecule has 0 saturated carbocycles. The maximum absolute atomic E-state index is 13.7. The Labute approximate surface area is 202 Å². The van der Waals surface area contributed by atoms with E-state index in [-0.39, 0.29) is 23.1 Å². The summed E-state index contributed by atoms with van der Waals surface area (Å²) in [5.41, 5.74) is 2.56. The first-order valence-electron chi connectivity index (χ1n) is 12.1. The van der Waals surface area contributed by atoms with E-state index in [0.29, 0.717) is 31.0 Å². The second-order valence-corrected chi connectivity index (χ2v) is 11.2. The Morgan fingerprint density at radius 1 is 1.00 bits per heavy atom. The number of hydrogen-bond acceptors (Lipinski definition) is 4. The van der Waals surface area contributed by atoms with Crippen LogP contribution in [0.3, 0.4) is 0 Å². The fourth-order valence-electron chi connectivity index (χ4n) is 4.78. The zero-order valence-electron chi connectivity index (χ0n) is 19.9. The molecule has 2 aliphatic rings. The minimum atomic E-state index is -3.84. The first-order valence-corrected chi connectivity index (χ1v) is 13.5. The molecule has 0 radical (unpaired) electrons. The van der Waals surface area contributed by atoms with E-state index < -0.39 is 16.1 Å². The predicted molar refractivity (Wildman–Crippen MR) is 132 cm³/mol. The second-order valence-electron chi connectivity index (χ2n) is 9.27. The molecular formula is C26H33N3O4S. The second kappa shape index (κ2) is 10.3. The smallest absolute Gasteiger partial charge is 0.243 e. The zero-order chi connectivity index (χ0) is 24.3. The Hall–Kier alpha value is -2.71. The van der Waals surface area contributed by atoms with E-state index in [4.69, 9.17) is 0 Å². The normalized spacial score (nSPS) is 19.5. The van der Waals surface area contributed by atoms with Gasteiger partial charge < -0.3 is 10.2 Å². The summed E-state index contributed by atoms with van der Waals surface area (Å²) in [7, 11) is -3.84. The summed E-state index contributed by atoms with van der Waals surface area (Å²) >= 11 is 0. The number of anilines is 1. The lowest BCUT2D eigenvalue weighted by Gasteiger charge is -2.38. The molecule has 2 amide bonds.